The summed E-state index contributed by atoms with van der Waals surface area (Å²) < 4.78 is 5.03. The lowest BCUT2D eigenvalue weighted by molar-refractivity contribution is 0.0790. The zero-order valence-electron chi connectivity index (χ0n) is 17.0. The molecule has 30 heavy (non-hydrogen) atoms. The van der Waals surface area contributed by atoms with Crippen molar-refractivity contribution in [2.75, 3.05) is 33.4 Å². The minimum absolute atomic E-state index is 0.0384. The molecule has 0 bridgehead atoms. The summed E-state index contributed by atoms with van der Waals surface area (Å²) in [5.74, 6) is 0.00586. The normalized spacial score (nSPS) is 16.0. The smallest absolute Gasteiger partial charge is 0.253 e. The highest BCUT2D eigenvalue weighted by atomic mass is 16.5. The zero-order valence-corrected chi connectivity index (χ0v) is 17.0. The van der Waals surface area contributed by atoms with Gasteiger partial charge in [-0.1, -0.05) is 36.4 Å². The number of nitrogens with one attached hydrogen (secondary N) is 1. The molecule has 1 aliphatic heterocycles. The number of ether oxygens (including phenoxy) is 1. The summed E-state index contributed by atoms with van der Waals surface area (Å²) in [6, 6.07) is 18.9. The number of likely N-dealkylation sites (tertiary alicyclic amines) is 1. The molecular formula is C24H25N3O3. The first-order chi connectivity index (χ1) is 14.7. The van der Waals surface area contributed by atoms with Crippen LogP contribution in [0.1, 0.15) is 38.7 Å². The summed E-state index contributed by atoms with van der Waals surface area (Å²) in [6.45, 7) is 2.19. The van der Waals surface area contributed by atoms with Crippen LogP contribution in [0, 0.1) is 0 Å². The second-order valence-electron chi connectivity index (χ2n) is 7.46. The minimum Gasteiger partial charge on any atom is -0.383 e. The summed E-state index contributed by atoms with van der Waals surface area (Å²) >= 11 is 0. The van der Waals surface area contributed by atoms with Crippen molar-refractivity contribution in [1.29, 1.82) is 0 Å². The topological polar surface area (TPSA) is 71.5 Å². The summed E-state index contributed by atoms with van der Waals surface area (Å²) in [5, 5.41) is 3.73. The molecule has 1 unspecified atom stereocenters. The lowest BCUT2D eigenvalue weighted by Crippen LogP contribution is -2.29. The van der Waals surface area contributed by atoms with Gasteiger partial charge in [-0.05, 0) is 30.7 Å². The highest BCUT2D eigenvalue weighted by molar-refractivity contribution is 6.06. The van der Waals surface area contributed by atoms with Crippen molar-refractivity contribution in [3.63, 3.8) is 0 Å². The van der Waals surface area contributed by atoms with Crippen LogP contribution in [-0.4, -0.2) is 55.0 Å². The standard InChI is InChI=1S/C24H25N3O3/c1-30-14-12-25-23(28)20-15-22(26-21-10-6-5-9-19(20)21)18-11-13-27(16-18)24(29)17-7-3-2-4-8-17/h2-10,15,18H,11-14,16H2,1H3,(H,25,28). The van der Waals surface area contributed by atoms with E-state index in [4.69, 9.17) is 9.72 Å². The second-order valence-corrected chi connectivity index (χ2v) is 7.46. The molecule has 1 saturated heterocycles. The number of aromatic nitrogens is 1. The molecular weight excluding hydrogens is 378 g/mol. The van der Waals surface area contributed by atoms with E-state index in [1.807, 2.05) is 65.6 Å². The molecule has 6 nitrogen and oxygen atoms in total. The van der Waals surface area contributed by atoms with Crippen molar-refractivity contribution in [3.8, 4) is 0 Å². The van der Waals surface area contributed by atoms with Gasteiger partial charge in [-0.25, -0.2) is 0 Å². The van der Waals surface area contributed by atoms with Crippen molar-refractivity contribution in [2.24, 2.45) is 0 Å². The number of fused-ring (bicyclic) bond motifs is 1. The molecule has 1 fully saturated rings. The fraction of sp³-hybridized carbons (Fsp3) is 0.292. The monoisotopic (exact) mass is 403 g/mol. The van der Waals surface area contributed by atoms with Gasteiger partial charge in [-0.3, -0.25) is 14.6 Å². The molecule has 0 aliphatic carbocycles. The molecule has 0 saturated carbocycles. The first kappa shape index (κ1) is 20.0. The predicted octanol–water partition coefficient (Wildman–Crippen LogP) is 3.24. The fourth-order valence-corrected chi connectivity index (χ4v) is 3.90. The maximum Gasteiger partial charge on any atom is 0.253 e. The number of benzene rings is 2. The van der Waals surface area contributed by atoms with Gasteiger partial charge in [0.05, 0.1) is 17.7 Å². The highest BCUT2D eigenvalue weighted by Crippen LogP contribution is 2.30. The van der Waals surface area contributed by atoms with Gasteiger partial charge in [0.25, 0.3) is 11.8 Å². The van der Waals surface area contributed by atoms with Crippen LogP contribution in [0.3, 0.4) is 0 Å². The largest absolute Gasteiger partial charge is 0.383 e. The Morgan fingerprint density at radius 3 is 2.70 bits per heavy atom. The van der Waals surface area contributed by atoms with Crippen molar-refractivity contribution in [2.45, 2.75) is 12.3 Å². The first-order valence-electron chi connectivity index (χ1n) is 10.2. The molecule has 2 aromatic carbocycles. The fourth-order valence-electron chi connectivity index (χ4n) is 3.90. The van der Waals surface area contributed by atoms with Gasteiger partial charge in [0.15, 0.2) is 0 Å². The number of nitrogens with zero attached hydrogens (tertiary/aromatic N) is 2. The number of rotatable bonds is 6. The quantitative estimate of drug-likeness (QED) is 0.642. The van der Waals surface area contributed by atoms with Gasteiger partial charge < -0.3 is 15.0 Å². The van der Waals surface area contributed by atoms with E-state index in [2.05, 4.69) is 5.32 Å². The Bertz CT molecular complexity index is 1050. The maximum atomic E-state index is 12.8. The van der Waals surface area contributed by atoms with E-state index in [0.29, 0.717) is 37.4 Å². The van der Waals surface area contributed by atoms with Gasteiger partial charge in [-0.15, -0.1) is 0 Å². The Labute approximate surface area is 175 Å². The first-order valence-corrected chi connectivity index (χ1v) is 10.2. The van der Waals surface area contributed by atoms with E-state index in [1.165, 1.54) is 0 Å². The minimum atomic E-state index is -0.137. The average molecular weight is 403 g/mol. The number of hydrogen-bond acceptors (Lipinski definition) is 4. The third-order valence-electron chi connectivity index (χ3n) is 5.49. The third-order valence-corrected chi connectivity index (χ3v) is 5.49. The Hall–Kier alpha value is -3.25. The van der Waals surface area contributed by atoms with Crippen molar-refractivity contribution >= 4 is 22.7 Å². The molecule has 4 rings (SSSR count). The number of amides is 2. The number of carbonyl (C=O) groups excluding carboxylic acids is 2. The SMILES string of the molecule is COCCNC(=O)c1cc(C2CCN(C(=O)c3ccccc3)C2)nc2ccccc12. The second kappa shape index (κ2) is 9.05. The van der Waals surface area contributed by atoms with Crippen LogP contribution in [0.25, 0.3) is 10.9 Å². The summed E-state index contributed by atoms with van der Waals surface area (Å²) in [7, 11) is 1.61. The van der Waals surface area contributed by atoms with Crippen molar-refractivity contribution < 1.29 is 14.3 Å². The highest BCUT2D eigenvalue weighted by Gasteiger charge is 2.29. The van der Waals surface area contributed by atoms with Crippen LogP contribution in [0.2, 0.25) is 0 Å². The Balaban J connectivity index is 1.58. The lowest BCUT2D eigenvalue weighted by Gasteiger charge is -2.17. The third kappa shape index (κ3) is 4.19. The summed E-state index contributed by atoms with van der Waals surface area (Å²) in [5.41, 5.74) is 2.95. The summed E-state index contributed by atoms with van der Waals surface area (Å²) in [6.07, 6.45) is 0.828. The number of para-hydroxylation sites is 1. The van der Waals surface area contributed by atoms with Gasteiger partial charge >= 0.3 is 0 Å². The molecule has 1 atom stereocenters. The number of carbonyl (C=O) groups is 2. The number of pyridine rings is 1. The van der Waals surface area contributed by atoms with Crippen molar-refractivity contribution in [3.05, 3.63) is 77.5 Å². The molecule has 1 aliphatic rings. The van der Waals surface area contributed by atoms with Crippen LogP contribution in [0.4, 0.5) is 0 Å². The molecule has 154 valence electrons. The van der Waals surface area contributed by atoms with Gasteiger partial charge in [-0.2, -0.15) is 0 Å². The van der Waals surface area contributed by atoms with Crippen LogP contribution in [0.15, 0.2) is 60.7 Å². The molecule has 2 heterocycles. The average Bonchev–Trinajstić information content (AvgIpc) is 3.29. The Kier molecular flexibility index (Phi) is 6.05. The zero-order chi connectivity index (χ0) is 20.9. The number of methoxy groups -OCH3 is 1. The molecule has 1 N–H and O–H groups in total. The lowest BCUT2D eigenvalue weighted by atomic mass is 9.99. The van der Waals surface area contributed by atoms with E-state index in [-0.39, 0.29) is 17.7 Å². The van der Waals surface area contributed by atoms with Gasteiger partial charge in [0.1, 0.15) is 0 Å². The molecule has 6 heteroatoms. The Morgan fingerprint density at radius 2 is 1.90 bits per heavy atom. The van der Waals surface area contributed by atoms with Crippen LogP contribution in [-0.2, 0) is 4.74 Å². The van der Waals surface area contributed by atoms with E-state index in [0.717, 1.165) is 23.0 Å². The molecule has 2 amide bonds. The summed E-state index contributed by atoms with van der Waals surface area (Å²) in [4.78, 5) is 32.3. The van der Waals surface area contributed by atoms with E-state index in [9.17, 15) is 9.59 Å². The molecule has 3 aromatic rings. The van der Waals surface area contributed by atoms with Gasteiger partial charge in [0.2, 0.25) is 0 Å². The van der Waals surface area contributed by atoms with Crippen LogP contribution in [0.5, 0.6) is 0 Å². The van der Waals surface area contributed by atoms with Crippen LogP contribution < -0.4 is 5.32 Å². The number of hydrogen-bond donors (Lipinski definition) is 1. The predicted molar refractivity (Wildman–Crippen MR) is 116 cm³/mol. The molecule has 0 radical (unpaired) electrons. The van der Waals surface area contributed by atoms with E-state index < -0.39 is 0 Å². The van der Waals surface area contributed by atoms with Crippen LogP contribution >= 0.6 is 0 Å². The van der Waals surface area contributed by atoms with E-state index >= 15 is 0 Å². The van der Waals surface area contributed by atoms with Crippen molar-refractivity contribution in [1.82, 2.24) is 15.2 Å². The molecule has 0 spiro atoms. The molecule has 1 aromatic heterocycles. The van der Waals surface area contributed by atoms with E-state index in [1.54, 1.807) is 7.11 Å². The Morgan fingerprint density at radius 1 is 1.13 bits per heavy atom. The van der Waals surface area contributed by atoms with Gasteiger partial charge in [0, 0.05) is 49.3 Å². The maximum absolute atomic E-state index is 12.8.